The maximum atomic E-state index is 2.47. The van der Waals surface area contributed by atoms with Crippen LogP contribution < -0.4 is 0 Å². The molecule has 0 amide bonds. The lowest BCUT2D eigenvalue weighted by Crippen LogP contribution is -1.84. The highest BCUT2D eigenvalue weighted by Gasteiger charge is 2.19. The van der Waals surface area contributed by atoms with E-state index in [0.717, 1.165) is 0 Å². The van der Waals surface area contributed by atoms with E-state index in [0.29, 0.717) is 0 Å². The number of hydrogen-bond donors (Lipinski definition) is 0. The van der Waals surface area contributed by atoms with Gasteiger partial charge in [-0.3, -0.25) is 0 Å². The van der Waals surface area contributed by atoms with E-state index < -0.39 is 0 Å². The van der Waals surface area contributed by atoms with Crippen LogP contribution in [-0.2, 0) is 0 Å². The molecular weight excluding hydrogens is 569 g/mol. The predicted molar refractivity (Wildman–Crippen MR) is 194 cm³/mol. The largest absolute Gasteiger partial charge is 0.134 e. The Morgan fingerprint density at radius 1 is 0.295 bits per heavy atom. The van der Waals surface area contributed by atoms with Crippen LogP contribution in [0.5, 0.6) is 0 Å². The van der Waals surface area contributed by atoms with E-state index in [-0.39, 0.29) is 0 Å². The van der Waals surface area contributed by atoms with E-state index in [4.69, 9.17) is 0 Å². The van der Waals surface area contributed by atoms with Gasteiger partial charge in [0.05, 0.1) is 9.40 Å². The van der Waals surface area contributed by atoms with Gasteiger partial charge in [-0.25, -0.2) is 0 Å². The molecule has 0 aliphatic carbocycles. The molecule has 0 radical (unpaired) electrons. The third kappa shape index (κ3) is 4.18. The molecule has 0 nitrogen and oxygen atoms in total. The zero-order valence-electron chi connectivity index (χ0n) is 23.8. The fourth-order valence-corrected chi connectivity index (χ4v) is 9.03. The standard InChI is InChI=1S/C42H26S2/c1-4-11-27(12-5-1)30-17-10-18-33(23-30)34-26-36-35-24-31(28-13-6-2-7-14-28)19-21-38(35)43-41(36)42-40(34)37-25-32(20-22-39(37)44-42)29-15-8-3-9-16-29/h1-26H. The van der Waals surface area contributed by atoms with Gasteiger partial charge in [0.25, 0.3) is 0 Å². The van der Waals surface area contributed by atoms with Crippen molar-refractivity contribution in [2.45, 2.75) is 0 Å². The van der Waals surface area contributed by atoms with E-state index >= 15 is 0 Å². The van der Waals surface area contributed by atoms with E-state index in [1.807, 2.05) is 22.7 Å². The van der Waals surface area contributed by atoms with Crippen LogP contribution in [0.4, 0.5) is 0 Å². The molecule has 0 atom stereocenters. The fraction of sp³-hybridized carbons (Fsp3) is 0. The monoisotopic (exact) mass is 594 g/mol. The average Bonchev–Trinajstić information content (AvgIpc) is 3.67. The quantitative estimate of drug-likeness (QED) is 0.190. The number of thiophene rings is 2. The molecule has 44 heavy (non-hydrogen) atoms. The molecule has 0 aliphatic heterocycles. The zero-order chi connectivity index (χ0) is 29.0. The summed E-state index contributed by atoms with van der Waals surface area (Å²) in [6, 6.07) is 57.7. The molecule has 9 aromatic rings. The highest BCUT2D eigenvalue weighted by atomic mass is 32.1. The van der Waals surface area contributed by atoms with E-state index in [9.17, 15) is 0 Å². The molecule has 206 valence electrons. The van der Waals surface area contributed by atoms with Gasteiger partial charge in [0.1, 0.15) is 0 Å². The summed E-state index contributed by atoms with van der Waals surface area (Å²) in [6.07, 6.45) is 0. The van der Waals surface area contributed by atoms with Crippen LogP contribution >= 0.6 is 22.7 Å². The molecule has 0 saturated heterocycles. The van der Waals surface area contributed by atoms with Gasteiger partial charge in [0.2, 0.25) is 0 Å². The Kier molecular flexibility index (Phi) is 5.97. The maximum absolute atomic E-state index is 2.47. The van der Waals surface area contributed by atoms with Gasteiger partial charge in [-0.15, -0.1) is 22.7 Å². The van der Waals surface area contributed by atoms with Gasteiger partial charge in [-0.2, -0.15) is 0 Å². The summed E-state index contributed by atoms with van der Waals surface area (Å²) in [5.41, 5.74) is 10.0. The van der Waals surface area contributed by atoms with E-state index in [1.165, 1.54) is 84.9 Å². The fourth-order valence-electron chi connectivity index (χ4n) is 6.52. The maximum Gasteiger partial charge on any atom is 0.0540 e. The number of fused-ring (bicyclic) bond motifs is 7. The van der Waals surface area contributed by atoms with Gasteiger partial charge in [0.15, 0.2) is 0 Å². The zero-order valence-corrected chi connectivity index (χ0v) is 25.5. The highest BCUT2D eigenvalue weighted by Crippen LogP contribution is 2.49. The molecule has 2 heterocycles. The first-order valence-corrected chi connectivity index (χ1v) is 16.6. The van der Waals surface area contributed by atoms with Gasteiger partial charge in [-0.05, 0) is 80.9 Å². The Labute approximate surface area is 264 Å². The molecule has 0 fully saturated rings. The summed E-state index contributed by atoms with van der Waals surface area (Å²) >= 11 is 3.86. The summed E-state index contributed by atoms with van der Waals surface area (Å²) in [5.74, 6) is 0. The molecule has 0 unspecified atom stereocenters. The van der Waals surface area contributed by atoms with Crippen molar-refractivity contribution in [3.05, 3.63) is 158 Å². The summed E-state index contributed by atoms with van der Waals surface area (Å²) in [6.45, 7) is 0. The third-order valence-corrected chi connectivity index (χ3v) is 11.2. The molecule has 9 rings (SSSR count). The summed E-state index contributed by atoms with van der Waals surface area (Å²) in [5, 5.41) is 5.35. The molecule has 2 aromatic heterocycles. The number of hydrogen-bond acceptors (Lipinski definition) is 2. The second-order valence-corrected chi connectivity index (χ2v) is 13.4. The topological polar surface area (TPSA) is 0 Å². The lowest BCUT2D eigenvalue weighted by Gasteiger charge is -2.10. The Hall–Kier alpha value is -5.02. The first-order chi connectivity index (χ1) is 21.8. The van der Waals surface area contributed by atoms with E-state index in [2.05, 4.69) is 158 Å². The van der Waals surface area contributed by atoms with Crippen LogP contribution in [-0.4, -0.2) is 0 Å². The Balaban J connectivity index is 1.37. The average molecular weight is 595 g/mol. The first kappa shape index (κ1) is 25.5. The summed E-state index contributed by atoms with van der Waals surface area (Å²) < 4.78 is 5.42. The molecule has 0 spiro atoms. The predicted octanol–water partition coefficient (Wildman–Crippen LogP) is 13.1. The normalized spacial score (nSPS) is 11.6. The van der Waals surface area contributed by atoms with Crippen molar-refractivity contribution >= 4 is 63.0 Å². The minimum absolute atomic E-state index is 1.24. The molecule has 0 N–H and O–H groups in total. The van der Waals surface area contributed by atoms with Crippen molar-refractivity contribution in [2.75, 3.05) is 0 Å². The number of benzene rings is 7. The van der Waals surface area contributed by atoms with Crippen molar-refractivity contribution in [3.63, 3.8) is 0 Å². The van der Waals surface area contributed by atoms with Crippen LogP contribution in [0.3, 0.4) is 0 Å². The van der Waals surface area contributed by atoms with Crippen LogP contribution in [0.1, 0.15) is 0 Å². The van der Waals surface area contributed by atoms with Crippen LogP contribution in [0.2, 0.25) is 0 Å². The summed E-state index contributed by atoms with van der Waals surface area (Å²) in [7, 11) is 0. The molecule has 0 aliphatic rings. The SMILES string of the molecule is c1ccc(-c2cccc(-c3cc4c5cc(-c6ccccc6)ccc5sc4c4sc5ccc(-c6ccccc6)cc5c34)c2)cc1. The van der Waals surface area contributed by atoms with Crippen LogP contribution in [0, 0.1) is 0 Å². The minimum atomic E-state index is 1.24. The molecule has 7 aromatic carbocycles. The van der Waals surface area contributed by atoms with Crippen LogP contribution in [0.15, 0.2) is 158 Å². The third-order valence-electron chi connectivity index (χ3n) is 8.67. The van der Waals surface area contributed by atoms with Crippen LogP contribution in [0.25, 0.3) is 84.9 Å². The second kappa shape index (κ2) is 10.3. The van der Waals surface area contributed by atoms with Crippen molar-refractivity contribution in [1.82, 2.24) is 0 Å². The van der Waals surface area contributed by atoms with E-state index in [1.54, 1.807) is 0 Å². The molecular formula is C42H26S2. The summed E-state index contributed by atoms with van der Waals surface area (Å²) in [4.78, 5) is 0. The highest BCUT2D eigenvalue weighted by molar-refractivity contribution is 7.33. The van der Waals surface area contributed by atoms with Crippen molar-refractivity contribution in [2.24, 2.45) is 0 Å². The lowest BCUT2D eigenvalue weighted by molar-refractivity contribution is 1.61. The van der Waals surface area contributed by atoms with Gasteiger partial charge in [0, 0.05) is 30.9 Å². The second-order valence-electron chi connectivity index (χ2n) is 11.3. The van der Waals surface area contributed by atoms with Gasteiger partial charge >= 0.3 is 0 Å². The van der Waals surface area contributed by atoms with Crippen molar-refractivity contribution < 1.29 is 0 Å². The van der Waals surface area contributed by atoms with Crippen molar-refractivity contribution in [3.8, 4) is 44.5 Å². The minimum Gasteiger partial charge on any atom is -0.134 e. The Bertz CT molecular complexity index is 2470. The smallest absolute Gasteiger partial charge is 0.0540 e. The first-order valence-electron chi connectivity index (χ1n) is 14.9. The van der Waals surface area contributed by atoms with Gasteiger partial charge < -0.3 is 0 Å². The molecule has 0 saturated carbocycles. The Morgan fingerprint density at radius 2 is 0.773 bits per heavy atom. The lowest BCUT2D eigenvalue weighted by atomic mass is 9.93. The Morgan fingerprint density at radius 3 is 1.39 bits per heavy atom. The number of rotatable bonds is 4. The molecule has 0 bridgehead atoms. The molecule has 2 heteroatoms. The van der Waals surface area contributed by atoms with Crippen molar-refractivity contribution in [1.29, 1.82) is 0 Å². The van der Waals surface area contributed by atoms with Gasteiger partial charge in [-0.1, -0.05) is 121 Å².